The summed E-state index contributed by atoms with van der Waals surface area (Å²) in [5.74, 6) is 1.48. The van der Waals surface area contributed by atoms with Gasteiger partial charge in [-0.15, -0.1) is 0 Å². The van der Waals surface area contributed by atoms with Gasteiger partial charge in [-0.1, -0.05) is 53.7 Å². The molecule has 1 saturated carbocycles. The van der Waals surface area contributed by atoms with Crippen LogP contribution in [0.4, 0.5) is 0 Å². The molecule has 0 radical (unpaired) electrons. The minimum absolute atomic E-state index is 0.0287. The van der Waals surface area contributed by atoms with Crippen molar-refractivity contribution in [1.29, 1.82) is 0 Å². The normalized spacial score (nSPS) is 24.0. The molecule has 1 aromatic rings. The summed E-state index contributed by atoms with van der Waals surface area (Å²) < 4.78 is 0. The van der Waals surface area contributed by atoms with Crippen LogP contribution in [-0.4, -0.2) is 10.9 Å². The van der Waals surface area contributed by atoms with Crippen LogP contribution in [0.2, 0.25) is 0 Å². The highest BCUT2D eigenvalue weighted by Crippen LogP contribution is 2.47. The molecule has 1 N–H and O–H groups in total. The summed E-state index contributed by atoms with van der Waals surface area (Å²) in [6.45, 7) is 13.2. The summed E-state index contributed by atoms with van der Waals surface area (Å²) >= 11 is 0. The van der Waals surface area contributed by atoms with Gasteiger partial charge >= 0.3 is 0 Å². The van der Waals surface area contributed by atoms with Gasteiger partial charge in [0.15, 0.2) is 0 Å². The lowest BCUT2D eigenvalue weighted by Crippen LogP contribution is -2.30. The van der Waals surface area contributed by atoms with Gasteiger partial charge < -0.3 is 5.11 Å². The molecule has 1 aliphatic carbocycles. The zero-order chi connectivity index (χ0) is 17.4. The quantitative estimate of drug-likeness (QED) is 0.790. The maximum Gasteiger partial charge on any atom is 0.139 e. The first-order valence-corrected chi connectivity index (χ1v) is 8.85. The molecule has 3 atom stereocenters. The Morgan fingerprint density at radius 2 is 1.83 bits per heavy atom. The minimum atomic E-state index is 0.0287. The molecule has 2 heteroatoms. The molecule has 2 rings (SSSR count). The largest absolute Gasteiger partial charge is 0.508 e. The maximum absolute atomic E-state index is 12.8. The van der Waals surface area contributed by atoms with Gasteiger partial charge in [0.1, 0.15) is 11.5 Å². The minimum Gasteiger partial charge on any atom is -0.508 e. The van der Waals surface area contributed by atoms with Gasteiger partial charge in [-0.3, -0.25) is 4.79 Å². The van der Waals surface area contributed by atoms with E-state index in [-0.39, 0.29) is 22.7 Å². The first kappa shape index (κ1) is 18.0. The van der Waals surface area contributed by atoms with Gasteiger partial charge in [-0.25, -0.2) is 0 Å². The summed E-state index contributed by atoms with van der Waals surface area (Å²) in [5.41, 5.74) is 1.25. The molecule has 1 fully saturated rings. The van der Waals surface area contributed by atoms with E-state index < -0.39 is 0 Å². The second-order valence-corrected chi connectivity index (χ2v) is 9.10. The molecule has 0 bridgehead atoms. The fourth-order valence-corrected chi connectivity index (χ4v) is 4.06. The summed E-state index contributed by atoms with van der Waals surface area (Å²) in [6.07, 6.45) is 2.98. The molecule has 0 spiro atoms. The maximum atomic E-state index is 12.8. The molecular formula is C21H32O2. The van der Waals surface area contributed by atoms with E-state index in [1.807, 2.05) is 12.1 Å². The Labute approximate surface area is 141 Å². The molecule has 0 saturated heterocycles. The van der Waals surface area contributed by atoms with E-state index in [2.05, 4.69) is 47.6 Å². The number of Topliss-reactive ketones (excluding diaryl/α,β-unsaturated/α-hetero) is 1. The van der Waals surface area contributed by atoms with Gasteiger partial charge in [0.25, 0.3) is 0 Å². The molecule has 0 amide bonds. The number of rotatable bonds is 4. The van der Waals surface area contributed by atoms with Crippen LogP contribution in [0.5, 0.6) is 5.75 Å². The van der Waals surface area contributed by atoms with Crippen LogP contribution >= 0.6 is 0 Å². The van der Waals surface area contributed by atoms with Crippen LogP contribution in [0.15, 0.2) is 24.3 Å². The number of phenols is 1. The van der Waals surface area contributed by atoms with E-state index in [0.717, 1.165) is 24.8 Å². The van der Waals surface area contributed by atoms with E-state index in [1.54, 1.807) is 6.07 Å². The molecule has 0 aromatic heterocycles. The number of aromatic hydroxyl groups is 1. The third-order valence-corrected chi connectivity index (χ3v) is 5.91. The number of carbonyl (C=O) groups is 1. The number of phenolic OH excluding ortho intramolecular Hbond substituents is 1. The first-order chi connectivity index (χ1) is 10.5. The van der Waals surface area contributed by atoms with Crippen molar-refractivity contribution in [3.05, 3.63) is 29.8 Å². The van der Waals surface area contributed by atoms with E-state index in [9.17, 15) is 9.90 Å². The SMILES string of the molecule is CC(c1cccc(O)c1)C(C)(C)CC1CC[C@@H](C(C)(C)C)C1=O. The summed E-state index contributed by atoms with van der Waals surface area (Å²) in [7, 11) is 0. The molecule has 23 heavy (non-hydrogen) atoms. The Morgan fingerprint density at radius 1 is 1.17 bits per heavy atom. The van der Waals surface area contributed by atoms with Crippen molar-refractivity contribution in [1.82, 2.24) is 0 Å². The Bertz CT molecular complexity index is 565. The van der Waals surface area contributed by atoms with Gasteiger partial charge in [0.2, 0.25) is 0 Å². The number of hydrogen-bond acceptors (Lipinski definition) is 2. The van der Waals surface area contributed by atoms with E-state index in [4.69, 9.17) is 0 Å². The summed E-state index contributed by atoms with van der Waals surface area (Å²) in [6, 6.07) is 7.52. The van der Waals surface area contributed by atoms with Gasteiger partial charge in [-0.05, 0) is 53.7 Å². The molecule has 1 aliphatic rings. The first-order valence-electron chi connectivity index (χ1n) is 8.85. The van der Waals surface area contributed by atoms with Crippen molar-refractivity contribution in [2.24, 2.45) is 22.7 Å². The van der Waals surface area contributed by atoms with E-state index >= 15 is 0 Å². The zero-order valence-electron chi connectivity index (χ0n) is 15.5. The van der Waals surface area contributed by atoms with Crippen LogP contribution < -0.4 is 0 Å². The molecule has 1 aromatic carbocycles. The van der Waals surface area contributed by atoms with Crippen LogP contribution in [0.25, 0.3) is 0 Å². The van der Waals surface area contributed by atoms with Crippen LogP contribution in [-0.2, 0) is 4.79 Å². The molecule has 0 heterocycles. The van der Waals surface area contributed by atoms with Crippen molar-refractivity contribution < 1.29 is 9.90 Å². The predicted octanol–water partition coefficient (Wildman–Crippen LogP) is 5.55. The molecule has 128 valence electrons. The molecule has 0 aliphatic heterocycles. The summed E-state index contributed by atoms with van der Waals surface area (Å²) in [5, 5.41) is 9.72. The number of carbonyl (C=O) groups excluding carboxylic acids is 1. The van der Waals surface area contributed by atoms with Crippen molar-refractivity contribution in [2.75, 3.05) is 0 Å². The average molecular weight is 316 g/mol. The Hall–Kier alpha value is -1.31. The molecule has 2 nitrogen and oxygen atoms in total. The van der Waals surface area contributed by atoms with Gasteiger partial charge in [0.05, 0.1) is 0 Å². The zero-order valence-corrected chi connectivity index (χ0v) is 15.5. The lowest BCUT2D eigenvalue weighted by Gasteiger charge is -2.35. The number of hydrogen-bond donors (Lipinski definition) is 1. The highest BCUT2D eigenvalue weighted by Gasteiger charge is 2.43. The molecule has 2 unspecified atom stereocenters. The fourth-order valence-electron chi connectivity index (χ4n) is 4.06. The smallest absolute Gasteiger partial charge is 0.139 e. The van der Waals surface area contributed by atoms with Crippen molar-refractivity contribution in [3.8, 4) is 5.75 Å². The van der Waals surface area contributed by atoms with Crippen LogP contribution in [0, 0.1) is 22.7 Å². The highest BCUT2D eigenvalue weighted by atomic mass is 16.3. The average Bonchev–Trinajstić information content (AvgIpc) is 2.78. The van der Waals surface area contributed by atoms with Crippen molar-refractivity contribution in [2.45, 2.75) is 66.7 Å². The van der Waals surface area contributed by atoms with E-state index in [1.165, 1.54) is 0 Å². The highest BCUT2D eigenvalue weighted by molar-refractivity contribution is 5.86. The second kappa shape index (κ2) is 6.30. The number of benzene rings is 1. The van der Waals surface area contributed by atoms with E-state index in [0.29, 0.717) is 17.5 Å². The topological polar surface area (TPSA) is 37.3 Å². The van der Waals surface area contributed by atoms with Crippen molar-refractivity contribution in [3.63, 3.8) is 0 Å². The molecular weight excluding hydrogens is 284 g/mol. The predicted molar refractivity (Wildman–Crippen MR) is 95.6 cm³/mol. The van der Waals surface area contributed by atoms with Crippen LogP contribution in [0.1, 0.15) is 72.3 Å². The standard InChI is InChI=1S/C21H32O2/c1-14(15-8-7-9-17(22)12-15)21(5,6)13-16-10-11-18(19(16)23)20(2,3)4/h7-9,12,14,16,18,22H,10-11,13H2,1-6H3/t14?,16?,18-/m1/s1. The Morgan fingerprint density at radius 3 is 2.35 bits per heavy atom. The third-order valence-electron chi connectivity index (χ3n) is 5.91. The van der Waals surface area contributed by atoms with Gasteiger partial charge in [0, 0.05) is 11.8 Å². The lowest BCUT2D eigenvalue weighted by molar-refractivity contribution is -0.127. The van der Waals surface area contributed by atoms with Crippen molar-refractivity contribution >= 4 is 5.78 Å². The van der Waals surface area contributed by atoms with Gasteiger partial charge in [-0.2, -0.15) is 0 Å². The monoisotopic (exact) mass is 316 g/mol. The number of ketones is 1. The van der Waals surface area contributed by atoms with Crippen LogP contribution in [0.3, 0.4) is 0 Å². The Kier molecular flexibility index (Phi) is 4.94. The second-order valence-electron chi connectivity index (χ2n) is 9.10. The Balaban J connectivity index is 2.11. The summed E-state index contributed by atoms with van der Waals surface area (Å²) in [4.78, 5) is 12.8. The third kappa shape index (κ3) is 3.97. The fraction of sp³-hybridized carbons (Fsp3) is 0.667. The lowest BCUT2D eigenvalue weighted by atomic mass is 9.69.